The third-order valence-corrected chi connectivity index (χ3v) is 12.0. The molecule has 0 saturated carbocycles. The first-order valence-electron chi connectivity index (χ1n) is 27.5. The van der Waals surface area contributed by atoms with Crippen molar-refractivity contribution in [2.75, 3.05) is 46.1 Å². The molecular formula is C50H78N14O21. The van der Waals surface area contributed by atoms with Crippen molar-refractivity contribution in [1.29, 1.82) is 0 Å². The molecule has 0 fully saturated rings. The Bertz CT molecular complexity index is 2530. The van der Waals surface area contributed by atoms with Gasteiger partial charge in [0.1, 0.15) is 30.2 Å². The number of carbonyl (C=O) groups is 13. The predicted molar refractivity (Wildman–Crippen MR) is 288 cm³/mol. The van der Waals surface area contributed by atoms with Gasteiger partial charge in [-0.15, -0.1) is 10.2 Å². The van der Waals surface area contributed by atoms with Crippen LogP contribution in [-0.2, 0) is 97.7 Å². The number of nitrogens with zero attached hydrogens (tertiary/aromatic N) is 6. The summed E-state index contributed by atoms with van der Waals surface area (Å²) in [5.74, 6) is -15.0. The lowest BCUT2D eigenvalue weighted by Crippen LogP contribution is -2.57. The minimum absolute atomic E-state index is 0.0158. The molecule has 0 aliphatic rings. The number of aromatic nitrogens is 6. The van der Waals surface area contributed by atoms with Crippen LogP contribution >= 0.6 is 0 Å². The van der Waals surface area contributed by atoms with Crippen molar-refractivity contribution in [3.05, 3.63) is 23.8 Å². The third-order valence-electron chi connectivity index (χ3n) is 12.0. The molecule has 7 amide bonds. The second kappa shape index (κ2) is 41.3. The molecule has 2 heterocycles. The van der Waals surface area contributed by atoms with Crippen LogP contribution in [0.15, 0.2) is 12.4 Å². The van der Waals surface area contributed by atoms with Crippen LogP contribution in [0.3, 0.4) is 0 Å². The molecule has 0 aromatic carbocycles. The number of carboxylic acids is 6. The fourth-order valence-electron chi connectivity index (χ4n) is 7.82. The van der Waals surface area contributed by atoms with E-state index in [0.717, 1.165) is 0 Å². The van der Waals surface area contributed by atoms with Gasteiger partial charge in [-0.05, 0) is 70.6 Å². The van der Waals surface area contributed by atoms with Gasteiger partial charge in [-0.3, -0.25) is 71.7 Å². The molecule has 0 radical (unpaired) electrons. The number of carbonyl (C=O) groups excluding carboxylic acids is 7. The summed E-state index contributed by atoms with van der Waals surface area (Å²) in [5.41, 5.74) is 6.55. The average Bonchev–Trinajstić information content (AvgIpc) is 4.24. The normalized spacial score (nSPS) is 12.7. The quantitative estimate of drug-likeness (QED) is 0.0285. The number of aryl methyl sites for hydroxylation is 4. The summed E-state index contributed by atoms with van der Waals surface area (Å²) >= 11 is 0. The van der Waals surface area contributed by atoms with Crippen LogP contribution in [0.25, 0.3) is 0 Å². The number of aliphatic carboxylic acids is 6. The number of nitrogens with two attached hydrogens (primary N) is 1. The Balaban J connectivity index is 2.08. The minimum Gasteiger partial charge on any atom is -0.481 e. The SMILES string of the molecule is NCCOCCOCCNC(=O)[C@H](CCCCNC(=O)[C@H](CC(=O)O)NC(=O)[C@H](CC(=O)O)NC(=O)CCCCn1cc(CCCC(=O)O)nn1)NC(=O)C(CC(=O)O)NC(=O)[C@H](CC(=O)O)NC(=O)CCCCn1cc(CCCC(=O)O)nn1. The van der Waals surface area contributed by atoms with Crippen molar-refractivity contribution >= 4 is 77.2 Å². The highest BCUT2D eigenvalue weighted by Crippen LogP contribution is 2.09. The van der Waals surface area contributed by atoms with E-state index in [2.05, 4.69) is 57.8 Å². The Morgan fingerprint density at radius 2 is 0.812 bits per heavy atom. The molecule has 15 N–H and O–H groups in total. The van der Waals surface area contributed by atoms with Crippen LogP contribution < -0.4 is 43.0 Å². The second-order valence-corrected chi connectivity index (χ2v) is 19.3. The Kier molecular flexibility index (Phi) is 35.2. The maximum atomic E-state index is 13.7. The Hall–Kier alpha value is -8.73. The van der Waals surface area contributed by atoms with Gasteiger partial charge in [0.25, 0.3) is 0 Å². The molecule has 2 aromatic rings. The standard InChI is InChI=1S/C50H78N14O21/c51-16-21-84-23-24-85-22-18-53-46(79)33(56-50(83)37(28-45(77)78)58-49(82)36(27-44(75)76)55-39(66)13-3-6-20-64-30-32(60-62-64)10-8-15-41(69)70)11-1-4-17-52-47(80)34(25-42(71)72)57-48(81)35(26-43(73)74)54-38(65)12-2-5-19-63-29-31(59-61-63)9-7-14-40(67)68/h29-30,33-37H,1-28,51H2,(H,52,80)(H,53,79)(H,54,65)(H,55,66)(H,56,83)(H,57,81)(H,58,82)(H,67,68)(H,69,70)(H,71,72)(H,73,74)(H,75,76)(H,77,78)/t33-,34-,35-,36-,37?/m0/s1. The monoisotopic (exact) mass is 1210 g/mol. The van der Waals surface area contributed by atoms with Crippen molar-refractivity contribution in [2.45, 2.75) is 165 Å². The summed E-state index contributed by atoms with van der Waals surface area (Å²) in [6, 6.07) is -8.67. The van der Waals surface area contributed by atoms with Crippen molar-refractivity contribution in [2.24, 2.45) is 5.73 Å². The predicted octanol–water partition coefficient (Wildman–Crippen LogP) is -3.56. The molecule has 1 unspecified atom stereocenters. The highest BCUT2D eigenvalue weighted by molar-refractivity contribution is 5.97. The summed E-state index contributed by atoms with van der Waals surface area (Å²) in [6.45, 7) is 1.22. The molecule has 0 spiro atoms. The molecule has 85 heavy (non-hydrogen) atoms. The smallest absolute Gasteiger partial charge is 0.305 e. The Morgan fingerprint density at radius 1 is 0.424 bits per heavy atom. The van der Waals surface area contributed by atoms with E-state index in [1.54, 1.807) is 12.4 Å². The number of hydrogen-bond donors (Lipinski definition) is 14. The number of carboxylic acid groups (broad SMARTS) is 6. The number of amides is 7. The van der Waals surface area contributed by atoms with E-state index < -0.39 is 133 Å². The number of ether oxygens (including phenoxy) is 2. The van der Waals surface area contributed by atoms with E-state index in [0.29, 0.717) is 63.0 Å². The molecule has 0 saturated heterocycles. The van der Waals surface area contributed by atoms with Crippen molar-refractivity contribution in [3.63, 3.8) is 0 Å². The zero-order valence-electron chi connectivity index (χ0n) is 46.9. The second-order valence-electron chi connectivity index (χ2n) is 19.3. The van der Waals surface area contributed by atoms with Gasteiger partial charge < -0.3 is 83.1 Å². The van der Waals surface area contributed by atoms with Crippen molar-refractivity contribution in [3.8, 4) is 0 Å². The van der Waals surface area contributed by atoms with E-state index in [1.807, 2.05) is 0 Å². The first-order valence-corrected chi connectivity index (χ1v) is 27.5. The van der Waals surface area contributed by atoms with Gasteiger partial charge in [-0.2, -0.15) is 0 Å². The molecule has 0 aliphatic carbocycles. The summed E-state index contributed by atoms with van der Waals surface area (Å²) in [7, 11) is 0. The average molecular weight is 1210 g/mol. The van der Waals surface area contributed by atoms with Gasteiger partial charge in [0.15, 0.2) is 0 Å². The van der Waals surface area contributed by atoms with E-state index in [4.69, 9.17) is 25.4 Å². The summed E-state index contributed by atoms with van der Waals surface area (Å²) < 4.78 is 13.6. The highest BCUT2D eigenvalue weighted by Gasteiger charge is 2.33. The number of hydrogen-bond acceptors (Lipinski definition) is 20. The molecule has 0 aliphatic heterocycles. The van der Waals surface area contributed by atoms with Crippen LogP contribution in [0, 0.1) is 0 Å². The lowest BCUT2D eigenvalue weighted by molar-refractivity contribution is -0.143. The molecule has 2 aromatic heterocycles. The first kappa shape index (κ1) is 72.4. The largest absolute Gasteiger partial charge is 0.481 e. The number of unbranched alkanes of at least 4 members (excludes halogenated alkanes) is 3. The zero-order valence-corrected chi connectivity index (χ0v) is 46.9. The summed E-state index contributed by atoms with van der Waals surface area (Å²) in [5, 5.41) is 88.1. The highest BCUT2D eigenvalue weighted by atomic mass is 16.5. The minimum atomic E-state index is -1.93. The molecule has 474 valence electrons. The lowest BCUT2D eigenvalue weighted by atomic mass is 10.1. The molecule has 2 rings (SSSR count). The molecule has 5 atom stereocenters. The summed E-state index contributed by atoms with van der Waals surface area (Å²) in [6.07, 6.45) is 1.52. The fourth-order valence-corrected chi connectivity index (χ4v) is 7.82. The van der Waals surface area contributed by atoms with Gasteiger partial charge in [0.2, 0.25) is 41.4 Å². The van der Waals surface area contributed by atoms with Crippen LogP contribution in [0.1, 0.15) is 121 Å². The van der Waals surface area contributed by atoms with Crippen LogP contribution in [0.2, 0.25) is 0 Å². The number of nitrogens with one attached hydrogen (secondary N) is 7. The van der Waals surface area contributed by atoms with Gasteiger partial charge in [0.05, 0.1) is 63.5 Å². The topological polar surface area (TPSA) is 533 Å². The van der Waals surface area contributed by atoms with Crippen LogP contribution in [-0.4, -0.2) is 214 Å². The summed E-state index contributed by atoms with van der Waals surface area (Å²) in [4.78, 5) is 162. The molecular weight excluding hydrogens is 1130 g/mol. The fraction of sp³-hybridized carbons (Fsp3) is 0.660. The molecule has 35 nitrogen and oxygen atoms in total. The van der Waals surface area contributed by atoms with Crippen LogP contribution in [0.4, 0.5) is 0 Å². The maximum absolute atomic E-state index is 13.7. The van der Waals surface area contributed by atoms with Crippen molar-refractivity contribution in [1.82, 2.24) is 67.2 Å². The van der Waals surface area contributed by atoms with E-state index >= 15 is 0 Å². The molecule has 0 bridgehead atoms. The van der Waals surface area contributed by atoms with Gasteiger partial charge in [-0.25, -0.2) is 0 Å². The van der Waals surface area contributed by atoms with Gasteiger partial charge in [-0.1, -0.05) is 10.4 Å². The van der Waals surface area contributed by atoms with Crippen LogP contribution in [0.5, 0.6) is 0 Å². The zero-order chi connectivity index (χ0) is 63.1. The third kappa shape index (κ3) is 33.8. The van der Waals surface area contributed by atoms with Crippen molar-refractivity contribution < 1.29 is 102 Å². The van der Waals surface area contributed by atoms with E-state index in [9.17, 15) is 82.8 Å². The molecule has 35 heteroatoms. The Morgan fingerprint density at radius 3 is 1.24 bits per heavy atom. The lowest BCUT2D eigenvalue weighted by Gasteiger charge is -2.24. The Labute approximate surface area is 486 Å². The van der Waals surface area contributed by atoms with E-state index in [-0.39, 0.29) is 104 Å². The first-order chi connectivity index (χ1) is 40.4. The van der Waals surface area contributed by atoms with Gasteiger partial charge >= 0.3 is 35.8 Å². The van der Waals surface area contributed by atoms with Gasteiger partial charge in [0, 0.05) is 70.8 Å². The number of rotatable bonds is 49. The maximum Gasteiger partial charge on any atom is 0.305 e. The van der Waals surface area contributed by atoms with E-state index in [1.165, 1.54) is 9.36 Å².